The third kappa shape index (κ3) is 5.14. The van der Waals surface area contributed by atoms with Gasteiger partial charge in [-0.25, -0.2) is 0 Å². The van der Waals surface area contributed by atoms with Crippen LogP contribution in [-0.4, -0.2) is 6.98 Å². The molecule has 106 valence electrons. The van der Waals surface area contributed by atoms with Crippen LogP contribution in [0, 0.1) is 13.8 Å². The van der Waals surface area contributed by atoms with Crippen molar-refractivity contribution >= 4 is 12.4 Å². The molecular formula is C15H15BF3KO. The van der Waals surface area contributed by atoms with Crippen LogP contribution in [0.4, 0.5) is 12.9 Å². The van der Waals surface area contributed by atoms with Gasteiger partial charge in [-0.15, -0.1) is 0 Å². The summed E-state index contributed by atoms with van der Waals surface area (Å²) in [4.78, 5) is 0. The fourth-order valence-corrected chi connectivity index (χ4v) is 1.99. The second-order valence-electron chi connectivity index (χ2n) is 4.83. The van der Waals surface area contributed by atoms with E-state index >= 15 is 0 Å². The molecule has 2 aromatic carbocycles. The first-order chi connectivity index (χ1) is 9.38. The van der Waals surface area contributed by atoms with E-state index in [9.17, 15) is 12.9 Å². The Bertz CT molecular complexity index is 614. The van der Waals surface area contributed by atoms with Gasteiger partial charge in [-0.05, 0) is 31.0 Å². The molecule has 0 saturated heterocycles. The zero-order chi connectivity index (χ0) is 14.8. The van der Waals surface area contributed by atoms with Gasteiger partial charge in [-0.2, -0.15) is 0 Å². The summed E-state index contributed by atoms with van der Waals surface area (Å²) in [5.74, 6) is -0.110. The molecule has 1 nitrogen and oxygen atoms in total. The maximum Gasteiger partial charge on any atom is 1.00 e. The largest absolute Gasteiger partial charge is 1.00 e. The van der Waals surface area contributed by atoms with E-state index in [1.54, 1.807) is 6.07 Å². The molecule has 0 saturated carbocycles. The Kier molecular flexibility index (Phi) is 7.00. The summed E-state index contributed by atoms with van der Waals surface area (Å²) in [6, 6.07) is 11.2. The fraction of sp³-hybridized carbons (Fsp3) is 0.200. The summed E-state index contributed by atoms with van der Waals surface area (Å²) in [6.45, 7) is -1.07. The number of halogens is 3. The number of hydrogen-bond donors (Lipinski definition) is 0. The molecule has 0 fully saturated rings. The van der Waals surface area contributed by atoms with Crippen molar-refractivity contribution in [2.24, 2.45) is 0 Å². The number of aryl methyl sites for hydroxylation is 2. The molecule has 0 aliphatic rings. The van der Waals surface area contributed by atoms with Crippen LogP contribution >= 0.6 is 0 Å². The molecule has 0 heterocycles. The average Bonchev–Trinajstić information content (AvgIpc) is 2.39. The second kappa shape index (κ2) is 7.83. The van der Waals surface area contributed by atoms with Crippen LogP contribution in [0.5, 0.6) is 5.75 Å². The SMILES string of the molecule is Cc1ccc(C)c(COc2ccccc2[B-](F)(F)F)c1.[K+]. The third-order valence-electron chi connectivity index (χ3n) is 3.16. The Morgan fingerprint density at radius 2 is 1.67 bits per heavy atom. The molecule has 0 atom stereocenters. The number of ether oxygens (including phenoxy) is 1. The van der Waals surface area contributed by atoms with E-state index < -0.39 is 12.4 Å². The second-order valence-corrected chi connectivity index (χ2v) is 4.83. The van der Waals surface area contributed by atoms with E-state index in [4.69, 9.17) is 4.74 Å². The third-order valence-corrected chi connectivity index (χ3v) is 3.16. The fourth-order valence-electron chi connectivity index (χ4n) is 1.99. The van der Waals surface area contributed by atoms with Crippen LogP contribution in [-0.2, 0) is 6.61 Å². The minimum atomic E-state index is -5.06. The molecule has 0 aromatic heterocycles. The Labute approximate surface area is 165 Å². The molecule has 0 aliphatic heterocycles. The molecule has 0 aliphatic carbocycles. The van der Waals surface area contributed by atoms with Crippen molar-refractivity contribution in [1.82, 2.24) is 0 Å². The van der Waals surface area contributed by atoms with Crippen molar-refractivity contribution in [3.05, 3.63) is 59.2 Å². The zero-order valence-electron chi connectivity index (χ0n) is 12.4. The molecule has 0 radical (unpaired) electrons. The summed E-state index contributed by atoms with van der Waals surface area (Å²) < 4.78 is 44.1. The molecule has 6 heteroatoms. The summed E-state index contributed by atoms with van der Waals surface area (Å²) in [6.07, 6.45) is 0. The van der Waals surface area contributed by atoms with Crippen LogP contribution in [0.15, 0.2) is 42.5 Å². The van der Waals surface area contributed by atoms with Gasteiger partial charge in [0.05, 0.1) is 5.75 Å². The van der Waals surface area contributed by atoms with Crippen molar-refractivity contribution in [2.45, 2.75) is 20.5 Å². The Hall–Kier alpha value is -0.269. The average molecular weight is 318 g/mol. The summed E-state index contributed by atoms with van der Waals surface area (Å²) in [5.41, 5.74) is 2.28. The van der Waals surface area contributed by atoms with Gasteiger partial charge in [-0.3, -0.25) is 0 Å². The normalized spacial score (nSPS) is 10.9. The van der Waals surface area contributed by atoms with Gasteiger partial charge in [0.1, 0.15) is 6.61 Å². The van der Waals surface area contributed by atoms with Gasteiger partial charge >= 0.3 is 58.4 Å². The quantitative estimate of drug-likeness (QED) is 0.763. The van der Waals surface area contributed by atoms with Gasteiger partial charge in [0.25, 0.3) is 0 Å². The maximum absolute atomic E-state index is 12.9. The van der Waals surface area contributed by atoms with Gasteiger partial charge in [0.2, 0.25) is 0 Å². The first kappa shape index (κ1) is 18.8. The minimum absolute atomic E-state index is 0. The minimum Gasteiger partial charge on any atom is -0.492 e. The van der Waals surface area contributed by atoms with Crippen molar-refractivity contribution in [3.63, 3.8) is 0 Å². The van der Waals surface area contributed by atoms with Crippen LogP contribution < -0.4 is 61.6 Å². The predicted molar refractivity (Wildman–Crippen MR) is 75.4 cm³/mol. The van der Waals surface area contributed by atoms with Crippen molar-refractivity contribution < 1.29 is 69.1 Å². The van der Waals surface area contributed by atoms with E-state index in [2.05, 4.69) is 0 Å². The van der Waals surface area contributed by atoms with E-state index in [0.717, 1.165) is 22.8 Å². The number of hydrogen-bond acceptors (Lipinski definition) is 1. The summed E-state index contributed by atoms with van der Waals surface area (Å²) in [5, 5.41) is 0. The van der Waals surface area contributed by atoms with Gasteiger partial charge in [-0.1, -0.05) is 47.4 Å². The van der Waals surface area contributed by atoms with Crippen LogP contribution in [0.1, 0.15) is 16.7 Å². The van der Waals surface area contributed by atoms with E-state index in [0.29, 0.717) is 0 Å². The number of rotatable bonds is 4. The molecular weight excluding hydrogens is 303 g/mol. The van der Waals surface area contributed by atoms with Gasteiger partial charge < -0.3 is 17.7 Å². The Morgan fingerprint density at radius 1 is 1.00 bits per heavy atom. The van der Waals surface area contributed by atoms with Crippen LogP contribution in [0.2, 0.25) is 0 Å². The monoisotopic (exact) mass is 318 g/mol. The first-order valence-electron chi connectivity index (χ1n) is 6.36. The van der Waals surface area contributed by atoms with Crippen LogP contribution in [0.3, 0.4) is 0 Å². The molecule has 0 spiro atoms. The summed E-state index contributed by atoms with van der Waals surface area (Å²) in [7, 11) is 0. The topological polar surface area (TPSA) is 9.23 Å². The van der Waals surface area contributed by atoms with Crippen molar-refractivity contribution in [3.8, 4) is 5.75 Å². The van der Waals surface area contributed by atoms with Crippen molar-refractivity contribution in [2.75, 3.05) is 0 Å². The van der Waals surface area contributed by atoms with E-state index in [1.165, 1.54) is 12.1 Å². The zero-order valence-corrected chi connectivity index (χ0v) is 15.5. The van der Waals surface area contributed by atoms with Gasteiger partial charge in [0, 0.05) is 0 Å². The predicted octanol–water partition coefficient (Wildman–Crippen LogP) is 0.941. The number of para-hydroxylation sites is 1. The summed E-state index contributed by atoms with van der Waals surface area (Å²) >= 11 is 0. The van der Waals surface area contributed by atoms with Crippen LogP contribution in [0.25, 0.3) is 0 Å². The van der Waals surface area contributed by atoms with Crippen molar-refractivity contribution in [1.29, 1.82) is 0 Å². The smallest absolute Gasteiger partial charge is 0.492 e. The molecule has 0 amide bonds. The van der Waals surface area contributed by atoms with E-state index in [1.807, 2.05) is 32.0 Å². The molecule has 21 heavy (non-hydrogen) atoms. The molecule has 2 aromatic rings. The maximum atomic E-state index is 12.9. The Morgan fingerprint density at radius 3 is 2.33 bits per heavy atom. The molecule has 0 bridgehead atoms. The Balaban J connectivity index is 0.00000220. The molecule has 2 rings (SSSR count). The molecule has 0 unspecified atom stereocenters. The number of benzene rings is 2. The molecule has 0 N–H and O–H groups in total. The standard InChI is InChI=1S/C15H15BF3O.K/c1-11-7-8-12(2)13(9-11)10-20-15-6-4-3-5-14(15)16(17,18)19;/h3-9H,10H2,1-2H3;/q-1;+1. The van der Waals surface area contributed by atoms with E-state index in [-0.39, 0.29) is 63.7 Å². The van der Waals surface area contributed by atoms with Gasteiger partial charge in [0.15, 0.2) is 0 Å². The first-order valence-corrected chi connectivity index (χ1v) is 6.36.